The summed E-state index contributed by atoms with van der Waals surface area (Å²) < 4.78 is 51.5. The lowest BCUT2D eigenvalue weighted by molar-refractivity contribution is -0.154. The Morgan fingerprint density at radius 3 is 2.39 bits per heavy atom. The van der Waals surface area contributed by atoms with Crippen molar-refractivity contribution in [2.45, 2.75) is 59.2 Å². The molecule has 0 fully saturated rings. The number of benzene rings is 1. The molecule has 0 spiro atoms. The van der Waals surface area contributed by atoms with Gasteiger partial charge in [-0.05, 0) is 58.4 Å². The van der Waals surface area contributed by atoms with Crippen molar-refractivity contribution in [1.29, 1.82) is 0 Å². The number of carbonyl (C=O) groups is 1. The lowest BCUT2D eigenvalue weighted by atomic mass is 10.1. The molecule has 0 saturated carbocycles. The minimum absolute atomic E-state index is 0.0512. The summed E-state index contributed by atoms with van der Waals surface area (Å²) in [5.74, 6) is 0.0627. The summed E-state index contributed by atoms with van der Waals surface area (Å²) in [5, 5.41) is 3.73. The highest BCUT2D eigenvalue weighted by molar-refractivity contribution is 5.70. The Kier molecular flexibility index (Phi) is 6.41. The molecule has 1 aromatic carbocycles. The van der Waals surface area contributed by atoms with Crippen molar-refractivity contribution in [3.63, 3.8) is 0 Å². The first-order valence-corrected chi connectivity index (χ1v) is 9.02. The van der Waals surface area contributed by atoms with Gasteiger partial charge >= 0.3 is 12.1 Å². The molecule has 0 aliphatic rings. The van der Waals surface area contributed by atoms with Crippen LogP contribution in [-0.2, 0) is 22.1 Å². The highest BCUT2D eigenvalue weighted by Gasteiger charge is 2.35. The molecular formula is C20H25F3N2O3. The standard InChI is InChI=1S/C20H25F3N2O3/c1-6-27-16-10-13(2)9-15(11-16)25-14(12-17(24-25)20(21,22)23)7-8-18(26)28-19(3,4)5/h9-12H,6-8H2,1-5H3. The number of ether oxygens (including phenoxy) is 2. The van der Waals surface area contributed by atoms with E-state index in [0.717, 1.165) is 11.6 Å². The third-order valence-corrected chi connectivity index (χ3v) is 3.67. The molecule has 0 amide bonds. The summed E-state index contributed by atoms with van der Waals surface area (Å²) in [6.45, 7) is 9.28. The molecule has 28 heavy (non-hydrogen) atoms. The van der Waals surface area contributed by atoms with Crippen LogP contribution in [-0.4, -0.2) is 28.0 Å². The smallest absolute Gasteiger partial charge is 0.435 e. The predicted molar refractivity (Wildman–Crippen MR) is 98.6 cm³/mol. The fraction of sp³-hybridized carbons (Fsp3) is 0.500. The molecule has 0 aliphatic heterocycles. The van der Waals surface area contributed by atoms with Gasteiger partial charge < -0.3 is 9.47 Å². The van der Waals surface area contributed by atoms with E-state index in [2.05, 4.69) is 5.10 Å². The maximum absolute atomic E-state index is 13.2. The largest absolute Gasteiger partial charge is 0.494 e. The average Bonchev–Trinajstić information content (AvgIpc) is 2.95. The van der Waals surface area contributed by atoms with Crippen molar-refractivity contribution >= 4 is 5.97 Å². The van der Waals surface area contributed by atoms with Crippen LogP contribution in [0.2, 0.25) is 0 Å². The van der Waals surface area contributed by atoms with Crippen molar-refractivity contribution in [3.8, 4) is 11.4 Å². The number of rotatable bonds is 6. The van der Waals surface area contributed by atoms with Crippen molar-refractivity contribution in [1.82, 2.24) is 9.78 Å². The molecule has 0 N–H and O–H groups in total. The van der Waals surface area contributed by atoms with Crippen LogP contribution in [0.3, 0.4) is 0 Å². The SMILES string of the molecule is CCOc1cc(C)cc(-n2nc(C(F)(F)F)cc2CCC(=O)OC(C)(C)C)c1. The third kappa shape index (κ3) is 6.00. The van der Waals surface area contributed by atoms with E-state index in [1.807, 2.05) is 13.8 Å². The first-order chi connectivity index (χ1) is 12.9. The van der Waals surface area contributed by atoms with E-state index in [1.54, 1.807) is 39.0 Å². The number of aromatic nitrogens is 2. The molecule has 0 aliphatic carbocycles. The van der Waals surface area contributed by atoms with E-state index in [9.17, 15) is 18.0 Å². The summed E-state index contributed by atoms with van der Waals surface area (Å²) in [7, 11) is 0. The van der Waals surface area contributed by atoms with E-state index in [4.69, 9.17) is 9.47 Å². The normalized spacial score (nSPS) is 12.1. The number of esters is 1. The van der Waals surface area contributed by atoms with Crippen LogP contribution < -0.4 is 4.74 Å². The Morgan fingerprint density at radius 2 is 1.82 bits per heavy atom. The van der Waals surface area contributed by atoms with Crippen LogP contribution in [0.1, 0.15) is 51.1 Å². The van der Waals surface area contributed by atoms with Crippen LogP contribution in [0.15, 0.2) is 24.3 Å². The maximum Gasteiger partial charge on any atom is 0.435 e. The molecule has 154 valence electrons. The van der Waals surface area contributed by atoms with Gasteiger partial charge in [0.05, 0.1) is 18.7 Å². The van der Waals surface area contributed by atoms with Gasteiger partial charge in [-0.2, -0.15) is 18.3 Å². The zero-order valence-electron chi connectivity index (χ0n) is 16.7. The Balaban J connectivity index is 2.38. The predicted octanol–water partition coefficient (Wildman–Crippen LogP) is 4.87. The monoisotopic (exact) mass is 398 g/mol. The molecule has 0 unspecified atom stereocenters. The highest BCUT2D eigenvalue weighted by atomic mass is 19.4. The van der Waals surface area contributed by atoms with Crippen LogP contribution in [0, 0.1) is 6.92 Å². The average molecular weight is 398 g/mol. The summed E-state index contributed by atoms with van der Waals surface area (Å²) in [5.41, 5.74) is -0.129. The molecule has 0 saturated heterocycles. The second-order valence-corrected chi connectivity index (χ2v) is 7.45. The van der Waals surface area contributed by atoms with Crippen LogP contribution in [0.4, 0.5) is 13.2 Å². The molecule has 5 nitrogen and oxygen atoms in total. The van der Waals surface area contributed by atoms with Gasteiger partial charge in [0.25, 0.3) is 0 Å². The van der Waals surface area contributed by atoms with E-state index in [0.29, 0.717) is 18.0 Å². The third-order valence-electron chi connectivity index (χ3n) is 3.67. The fourth-order valence-electron chi connectivity index (χ4n) is 2.68. The minimum atomic E-state index is -4.58. The van der Waals surface area contributed by atoms with Crippen molar-refractivity contribution in [3.05, 3.63) is 41.2 Å². The molecule has 0 radical (unpaired) electrons. The topological polar surface area (TPSA) is 53.4 Å². The number of halogens is 3. The molecule has 1 aromatic heterocycles. The van der Waals surface area contributed by atoms with E-state index >= 15 is 0 Å². The summed E-state index contributed by atoms with van der Waals surface area (Å²) in [4.78, 5) is 12.0. The Morgan fingerprint density at radius 1 is 1.14 bits per heavy atom. The fourth-order valence-corrected chi connectivity index (χ4v) is 2.68. The molecule has 0 atom stereocenters. The zero-order chi connectivity index (χ0) is 21.1. The zero-order valence-corrected chi connectivity index (χ0v) is 16.7. The van der Waals surface area contributed by atoms with Crippen LogP contribution >= 0.6 is 0 Å². The Hall–Kier alpha value is -2.51. The number of aryl methyl sites for hydroxylation is 2. The number of nitrogens with zero attached hydrogens (tertiary/aromatic N) is 2. The number of hydrogen-bond acceptors (Lipinski definition) is 4. The van der Waals surface area contributed by atoms with Crippen molar-refractivity contribution < 1.29 is 27.4 Å². The second-order valence-electron chi connectivity index (χ2n) is 7.45. The van der Waals surface area contributed by atoms with Gasteiger partial charge in [0.2, 0.25) is 0 Å². The maximum atomic E-state index is 13.2. The molecule has 1 heterocycles. The lowest BCUT2D eigenvalue weighted by Crippen LogP contribution is -2.24. The summed E-state index contributed by atoms with van der Waals surface area (Å²) in [6, 6.07) is 6.10. The van der Waals surface area contributed by atoms with E-state index in [1.165, 1.54) is 4.68 Å². The highest BCUT2D eigenvalue weighted by Crippen LogP contribution is 2.31. The molecule has 2 rings (SSSR count). The molecule has 8 heteroatoms. The van der Waals surface area contributed by atoms with Crippen molar-refractivity contribution in [2.24, 2.45) is 0 Å². The van der Waals surface area contributed by atoms with Crippen LogP contribution in [0.5, 0.6) is 5.75 Å². The van der Waals surface area contributed by atoms with E-state index < -0.39 is 23.4 Å². The van der Waals surface area contributed by atoms with Gasteiger partial charge in [-0.3, -0.25) is 4.79 Å². The van der Waals surface area contributed by atoms with Gasteiger partial charge in [-0.25, -0.2) is 4.68 Å². The second kappa shape index (κ2) is 8.24. The molecule has 0 bridgehead atoms. The van der Waals surface area contributed by atoms with Gasteiger partial charge in [0.1, 0.15) is 11.4 Å². The van der Waals surface area contributed by atoms with Gasteiger partial charge in [0, 0.05) is 18.2 Å². The number of alkyl halides is 3. The van der Waals surface area contributed by atoms with Gasteiger partial charge in [-0.15, -0.1) is 0 Å². The minimum Gasteiger partial charge on any atom is -0.494 e. The molecular weight excluding hydrogens is 373 g/mol. The number of hydrogen-bond donors (Lipinski definition) is 0. The number of carbonyl (C=O) groups excluding carboxylic acids is 1. The van der Waals surface area contributed by atoms with Crippen LogP contribution in [0.25, 0.3) is 5.69 Å². The molecule has 2 aromatic rings. The quantitative estimate of drug-likeness (QED) is 0.652. The van der Waals surface area contributed by atoms with Gasteiger partial charge in [-0.1, -0.05) is 0 Å². The first kappa shape index (κ1) is 21.8. The van der Waals surface area contributed by atoms with Crippen molar-refractivity contribution in [2.75, 3.05) is 6.61 Å². The summed E-state index contributed by atoms with van der Waals surface area (Å²) in [6.07, 6.45) is -4.57. The Bertz CT molecular complexity index is 836. The van der Waals surface area contributed by atoms with E-state index in [-0.39, 0.29) is 18.5 Å². The summed E-state index contributed by atoms with van der Waals surface area (Å²) >= 11 is 0. The Labute approximate surface area is 162 Å². The first-order valence-electron chi connectivity index (χ1n) is 9.02. The van der Waals surface area contributed by atoms with Gasteiger partial charge in [0.15, 0.2) is 5.69 Å². The lowest BCUT2D eigenvalue weighted by Gasteiger charge is -2.19.